The lowest BCUT2D eigenvalue weighted by atomic mass is 10.1. The summed E-state index contributed by atoms with van der Waals surface area (Å²) in [5.41, 5.74) is 4.40. The van der Waals surface area contributed by atoms with Crippen molar-refractivity contribution in [3.63, 3.8) is 0 Å². The van der Waals surface area contributed by atoms with E-state index in [0.29, 0.717) is 5.88 Å². The maximum Gasteiger partial charge on any atom is 0.240 e. The van der Waals surface area contributed by atoms with Gasteiger partial charge in [0.2, 0.25) is 5.88 Å². The minimum absolute atomic E-state index is 0.568. The first-order valence-electron chi connectivity index (χ1n) is 5.60. The SMILES string of the molecule is COc1nccnc1-c1ccc2c(c1)CCN2. The molecular weight excluding hydrogens is 214 g/mol. The fourth-order valence-corrected chi connectivity index (χ4v) is 2.12. The number of anilines is 1. The summed E-state index contributed by atoms with van der Waals surface area (Å²) in [7, 11) is 1.61. The van der Waals surface area contributed by atoms with Crippen LogP contribution in [0.1, 0.15) is 5.56 Å². The second-order valence-electron chi connectivity index (χ2n) is 3.96. The molecule has 1 aromatic carbocycles. The van der Waals surface area contributed by atoms with Gasteiger partial charge in [0.1, 0.15) is 5.69 Å². The van der Waals surface area contributed by atoms with Gasteiger partial charge in [-0.05, 0) is 24.1 Å². The molecule has 0 fully saturated rings. The molecule has 0 saturated heterocycles. The van der Waals surface area contributed by atoms with E-state index in [1.54, 1.807) is 19.5 Å². The van der Waals surface area contributed by atoms with Gasteiger partial charge < -0.3 is 10.1 Å². The molecule has 0 radical (unpaired) electrons. The Morgan fingerprint density at radius 2 is 2.12 bits per heavy atom. The topological polar surface area (TPSA) is 47.0 Å². The van der Waals surface area contributed by atoms with Crippen molar-refractivity contribution in [2.75, 3.05) is 19.0 Å². The third-order valence-electron chi connectivity index (χ3n) is 2.95. The lowest BCUT2D eigenvalue weighted by molar-refractivity contribution is 0.398. The highest BCUT2D eigenvalue weighted by Gasteiger charge is 2.13. The zero-order valence-electron chi connectivity index (χ0n) is 9.60. The lowest BCUT2D eigenvalue weighted by Crippen LogP contribution is -1.94. The molecule has 0 bridgehead atoms. The van der Waals surface area contributed by atoms with Gasteiger partial charge in [0.15, 0.2) is 0 Å². The maximum absolute atomic E-state index is 5.23. The zero-order valence-corrected chi connectivity index (χ0v) is 9.60. The van der Waals surface area contributed by atoms with Gasteiger partial charge in [0.05, 0.1) is 7.11 Å². The molecule has 0 spiro atoms. The van der Waals surface area contributed by atoms with Crippen LogP contribution in [0.5, 0.6) is 5.88 Å². The van der Waals surface area contributed by atoms with Gasteiger partial charge >= 0.3 is 0 Å². The highest BCUT2D eigenvalue weighted by Crippen LogP contribution is 2.30. The van der Waals surface area contributed by atoms with Crippen LogP contribution in [0, 0.1) is 0 Å². The van der Waals surface area contributed by atoms with Crippen molar-refractivity contribution in [1.82, 2.24) is 9.97 Å². The van der Waals surface area contributed by atoms with Crippen molar-refractivity contribution in [3.8, 4) is 17.1 Å². The second-order valence-corrected chi connectivity index (χ2v) is 3.96. The number of benzene rings is 1. The molecule has 1 aliphatic heterocycles. The van der Waals surface area contributed by atoms with Crippen molar-refractivity contribution >= 4 is 5.69 Å². The van der Waals surface area contributed by atoms with Crippen LogP contribution >= 0.6 is 0 Å². The van der Waals surface area contributed by atoms with Gasteiger partial charge in [0, 0.05) is 30.2 Å². The summed E-state index contributed by atoms with van der Waals surface area (Å²) in [4.78, 5) is 8.50. The molecule has 0 amide bonds. The van der Waals surface area contributed by atoms with Gasteiger partial charge in [-0.15, -0.1) is 0 Å². The standard InChI is InChI=1S/C13H13N3O/c1-17-13-12(15-6-7-16-13)10-2-3-11-9(8-10)4-5-14-11/h2-3,6-8,14H,4-5H2,1H3. The molecule has 3 rings (SSSR count). The number of nitrogens with one attached hydrogen (secondary N) is 1. The molecule has 0 atom stereocenters. The third kappa shape index (κ3) is 1.71. The van der Waals surface area contributed by atoms with Crippen LogP contribution in [-0.4, -0.2) is 23.6 Å². The number of fused-ring (bicyclic) bond motifs is 1. The Morgan fingerprint density at radius 1 is 1.24 bits per heavy atom. The number of aromatic nitrogens is 2. The molecule has 4 heteroatoms. The molecule has 2 aromatic rings. The van der Waals surface area contributed by atoms with E-state index in [1.807, 2.05) is 6.07 Å². The summed E-state index contributed by atoms with van der Waals surface area (Å²) in [6.07, 6.45) is 4.38. The number of ether oxygens (including phenoxy) is 1. The molecule has 86 valence electrons. The molecule has 1 aromatic heterocycles. The summed E-state index contributed by atoms with van der Waals surface area (Å²) in [6.45, 7) is 1.01. The molecule has 0 unspecified atom stereocenters. The molecule has 0 aliphatic carbocycles. The van der Waals surface area contributed by atoms with Crippen LogP contribution in [0.3, 0.4) is 0 Å². The third-order valence-corrected chi connectivity index (χ3v) is 2.95. The highest BCUT2D eigenvalue weighted by molar-refractivity contribution is 5.70. The van der Waals surface area contributed by atoms with Crippen molar-refractivity contribution < 1.29 is 4.74 Å². The lowest BCUT2D eigenvalue weighted by Gasteiger charge is -2.07. The molecule has 2 heterocycles. The van der Waals surface area contributed by atoms with E-state index in [2.05, 4.69) is 27.4 Å². The number of nitrogens with zero attached hydrogens (tertiary/aromatic N) is 2. The van der Waals surface area contributed by atoms with Crippen LogP contribution < -0.4 is 10.1 Å². The molecule has 17 heavy (non-hydrogen) atoms. The van der Waals surface area contributed by atoms with Gasteiger partial charge in [0.25, 0.3) is 0 Å². The molecule has 4 nitrogen and oxygen atoms in total. The smallest absolute Gasteiger partial charge is 0.240 e. The monoisotopic (exact) mass is 227 g/mol. The van der Waals surface area contributed by atoms with Gasteiger partial charge in [-0.25, -0.2) is 9.97 Å². The predicted molar refractivity (Wildman–Crippen MR) is 66.2 cm³/mol. The minimum Gasteiger partial charge on any atom is -0.479 e. The Bertz CT molecular complexity index is 554. The first-order valence-corrected chi connectivity index (χ1v) is 5.60. The van der Waals surface area contributed by atoms with Gasteiger partial charge in [-0.3, -0.25) is 0 Å². The Hall–Kier alpha value is -2.10. The first-order chi connectivity index (χ1) is 8.38. The van der Waals surface area contributed by atoms with E-state index in [4.69, 9.17) is 4.74 Å². The summed E-state index contributed by atoms with van der Waals surface area (Å²) in [5, 5.41) is 3.34. The first kappa shape index (κ1) is 10.1. The number of hydrogen-bond donors (Lipinski definition) is 1. The summed E-state index contributed by atoms with van der Waals surface area (Å²) in [5.74, 6) is 0.568. The highest BCUT2D eigenvalue weighted by atomic mass is 16.5. The molecule has 1 aliphatic rings. The Labute approximate surface area is 99.7 Å². The fourth-order valence-electron chi connectivity index (χ4n) is 2.12. The van der Waals surface area contributed by atoms with Crippen molar-refractivity contribution in [2.45, 2.75) is 6.42 Å². The average molecular weight is 227 g/mol. The average Bonchev–Trinajstić information content (AvgIpc) is 2.85. The van der Waals surface area contributed by atoms with Gasteiger partial charge in [-0.1, -0.05) is 6.07 Å². The normalized spacial score (nSPS) is 13.0. The van der Waals surface area contributed by atoms with Crippen LogP contribution in [0.4, 0.5) is 5.69 Å². The van der Waals surface area contributed by atoms with E-state index in [-0.39, 0.29) is 0 Å². The number of rotatable bonds is 2. The fraction of sp³-hybridized carbons (Fsp3) is 0.231. The van der Waals surface area contributed by atoms with Crippen molar-refractivity contribution in [2.24, 2.45) is 0 Å². The van der Waals surface area contributed by atoms with Crippen LogP contribution in [-0.2, 0) is 6.42 Å². The Morgan fingerprint density at radius 3 is 3.00 bits per heavy atom. The molecule has 1 N–H and O–H groups in total. The van der Waals surface area contributed by atoms with Gasteiger partial charge in [-0.2, -0.15) is 0 Å². The molecular formula is C13H13N3O. The number of methoxy groups -OCH3 is 1. The van der Waals surface area contributed by atoms with E-state index < -0.39 is 0 Å². The predicted octanol–water partition coefficient (Wildman–Crippen LogP) is 2.12. The van der Waals surface area contributed by atoms with Crippen molar-refractivity contribution in [3.05, 3.63) is 36.2 Å². The van der Waals surface area contributed by atoms with Crippen LogP contribution in [0.15, 0.2) is 30.6 Å². The van der Waals surface area contributed by atoms with E-state index in [9.17, 15) is 0 Å². The second kappa shape index (κ2) is 4.05. The van der Waals surface area contributed by atoms with Crippen LogP contribution in [0.25, 0.3) is 11.3 Å². The van der Waals surface area contributed by atoms with E-state index in [0.717, 1.165) is 24.2 Å². The molecule has 0 saturated carbocycles. The maximum atomic E-state index is 5.23. The zero-order chi connectivity index (χ0) is 11.7. The Balaban J connectivity index is 2.09. The summed E-state index contributed by atoms with van der Waals surface area (Å²) >= 11 is 0. The summed E-state index contributed by atoms with van der Waals surface area (Å²) in [6, 6.07) is 6.29. The van der Waals surface area contributed by atoms with Crippen LogP contribution in [0.2, 0.25) is 0 Å². The largest absolute Gasteiger partial charge is 0.479 e. The van der Waals surface area contributed by atoms with E-state index >= 15 is 0 Å². The van der Waals surface area contributed by atoms with Crippen molar-refractivity contribution in [1.29, 1.82) is 0 Å². The van der Waals surface area contributed by atoms with E-state index in [1.165, 1.54) is 11.3 Å². The summed E-state index contributed by atoms with van der Waals surface area (Å²) < 4.78 is 5.23. The minimum atomic E-state index is 0.568. The Kier molecular flexibility index (Phi) is 2.40. The quantitative estimate of drug-likeness (QED) is 0.853. The number of hydrogen-bond acceptors (Lipinski definition) is 4.